The lowest BCUT2D eigenvalue weighted by molar-refractivity contribution is -0.136. The van der Waals surface area contributed by atoms with Crippen LogP contribution in [-0.2, 0) is 16.0 Å². The molecule has 1 aromatic rings. The summed E-state index contributed by atoms with van der Waals surface area (Å²) in [5.41, 5.74) is 0.0457. The number of amides is 1. The highest BCUT2D eigenvalue weighted by atomic mass is 19.1. The van der Waals surface area contributed by atoms with Crippen molar-refractivity contribution in [3.8, 4) is 0 Å². The number of aliphatic carboxylic acids is 1. The van der Waals surface area contributed by atoms with Crippen LogP contribution in [0.4, 0.5) is 9.18 Å². The minimum Gasteiger partial charge on any atom is -0.481 e. The van der Waals surface area contributed by atoms with Gasteiger partial charge in [-0.2, -0.15) is 0 Å². The molecule has 0 saturated carbocycles. The van der Waals surface area contributed by atoms with E-state index >= 15 is 0 Å². The molecule has 1 atom stereocenters. The summed E-state index contributed by atoms with van der Waals surface area (Å²) in [4.78, 5) is 22.4. The fourth-order valence-corrected chi connectivity index (χ4v) is 1.77. The average molecular weight is 297 g/mol. The molecule has 0 fully saturated rings. The van der Waals surface area contributed by atoms with E-state index in [2.05, 4.69) is 5.32 Å². The predicted molar refractivity (Wildman–Crippen MR) is 75.5 cm³/mol. The zero-order valence-corrected chi connectivity index (χ0v) is 12.6. The molecule has 0 radical (unpaired) electrons. The first-order valence-electron chi connectivity index (χ1n) is 6.58. The van der Waals surface area contributed by atoms with Crippen molar-refractivity contribution < 1.29 is 23.8 Å². The Morgan fingerprint density at radius 1 is 1.38 bits per heavy atom. The second-order valence-corrected chi connectivity index (χ2v) is 5.79. The summed E-state index contributed by atoms with van der Waals surface area (Å²) in [6, 6.07) is 3.41. The molecule has 0 bridgehead atoms. The smallest absolute Gasteiger partial charge is 0.408 e. The highest BCUT2D eigenvalue weighted by molar-refractivity contribution is 5.70. The van der Waals surface area contributed by atoms with Crippen LogP contribution in [0, 0.1) is 5.82 Å². The number of halogens is 1. The van der Waals surface area contributed by atoms with Crippen LogP contribution < -0.4 is 5.32 Å². The van der Waals surface area contributed by atoms with E-state index in [0.29, 0.717) is 5.56 Å². The third kappa shape index (κ3) is 5.81. The van der Waals surface area contributed by atoms with Crippen LogP contribution in [-0.4, -0.2) is 22.8 Å². The molecule has 1 unspecified atom stereocenters. The molecule has 6 heteroatoms. The molecule has 21 heavy (non-hydrogen) atoms. The molecule has 1 aromatic carbocycles. The number of ether oxygens (including phenoxy) is 1. The maximum atomic E-state index is 13.8. The van der Waals surface area contributed by atoms with E-state index in [4.69, 9.17) is 9.84 Å². The van der Waals surface area contributed by atoms with Gasteiger partial charge in [-0.25, -0.2) is 9.18 Å². The summed E-state index contributed by atoms with van der Waals surface area (Å²) >= 11 is 0. The minimum atomic E-state index is -1.000. The molecule has 2 N–H and O–H groups in total. The zero-order chi connectivity index (χ0) is 16.2. The summed E-state index contributed by atoms with van der Waals surface area (Å²) < 4.78 is 18.9. The Bertz CT molecular complexity index is 537. The van der Waals surface area contributed by atoms with Crippen LogP contribution in [0.15, 0.2) is 18.2 Å². The Morgan fingerprint density at radius 3 is 2.52 bits per heavy atom. The molecule has 0 aliphatic rings. The first kappa shape index (κ1) is 16.9. The van der Waals surface area contributed by atoms with Gasteiger partial charge in [0.15, 0.2) is 0 Å². The van der Waals surface area contributed by atoms with Gasteiger partial charge in [0.1, 0.15) is 11.4 Å². The Labute approximate surface area is 123 Å². The fourth-order valence-electron chi connectivity index (χ4n) is 1.77. The van der Waals surface area contributed by atoms with Gasteiger partial charge in [-0.15, -0.1) is 0 Å². The van der Waals surface area contributed by atoms with Gasteiger partial charge in [0.05, 0.1) is 12.5 Å². The van der Waals surface area contributed by atoms with Crippen LogP contribution in [0.3, 0.4) is 0 Å². The number of benzene rings is 1. The minimum absolute atomic E-state index is 0.202. The van der Waals surface area contributed by atoms with Crippen LogP contribution in [0.25, 0.3) is 0 Å². The van der Waals surface area contributed by atoms with E-state index in [0.717, 1.165) is 0 Å². The zero-order valence-electron chi connectivity index (χ0n) is 12.6. The van der Waals surface area contributed by atoms with Crippen molar-refractivity contribution in [1.29, 1.82) is 0 Å². The van der Waals surface area contributed by atoms with Crippen molar-refractivity contribution >= 4 is 12.1 Å². The van der Waals surface area contributed by atoms with Crippen LogP contribution in [0.2, 0.25) is 0 Å². The topological polar surface area (TPSA) is 75.6 Å². The number of carbonyl (C=O) groups is 2. The van der Waals surface area contributed by atoms with E-state index in [-0.39, 0.29) is 12.0 Å². The highest BCUT2D eigenvalue weighted by Crippen LogP contribution is 2.19. The average Bonchev–Trinajstić information content (AvgIpc) is 2.28. The molecule has 0 spiro atoms. The van der Waals surface area contributed by atoms with Gasteiger partial charge in [0.2, 0.25) is 0 Å². The second-order valence-electron chi connectivity index (χ2n) is 5.79. The van der Waals surface area contributed by atoms with Gasteiger partial charge in [-0.1, -0.05) is 12.1 Å². The van der Waals surface area contributed by atoms with Gasteiger partial charge in [0, 0.05) is 5.56 Å². The second kappa shape index (κ2) is 6.56. The monoisotopic (exact) mass is 297 g/mol. The molecular formula is C15H20FNO4. The SMILES string of the molecule is CC(NC(=O)OC(C)(C)C)c1cc(CC(=O)O)ccc1F. The van der Waals surface area contributed by atoms with Crippen LogP contribution in [0.1, 0.15) is 44.9 Å². The molecule has 0 heterocycles. The van der Waals surface area contributed by atoms with E-state index in [1.165, 1.54) is 18.2 Å². The Kier molecular flexibility index (Phi) is 5.29. The van der Waals surface area contributed by atoms with Gasteiger partial charge < -0.3 is 15.2 Å². The van der Waals surface area contributed by atoms with Gasteiger partial charge in [0.25, 0.3) is 0 Å². The number of alkyl carbamates (subject to hydrolysis) is 1. The molecule has 0 aliphatic heterocycles. The summed E-state index contributed by atoms with van der Waals surface area (Å²) in [6.07, 6.45) is -0.857. The lowest BCUT2D eigenvalue weighted by Gasteiger charge is -2.22. The summed E-state index contributed by atoms with van der Waals surface area (Å²) in [6.45, 7) is 6.79. The third-order valence-electron chi connectivity index (χ3n) is 2.62. The summed E-state index contributed by atoms with van der Waals surface area (Å²) in [5.74, 6) is -1.51. The van der Waals surface area contributed by atoms with Crippen molar-refractivity contribution in [1.82, 2.24) is 5.32 Å². The molecule has 116 valence electrons. The number of hydrogen-bond donors (Lipinski definition) is 2. The molecule has 5 nitrogen and oxygen atoms in total. The number of carbonyl (C=O) groups excluding carboxylic acids is 1. The maximum Gasteiger partial charge on any atom is 0.408 e. The maximum absolute atomic E-state index is 13.8. The normalized spacial score (nSPS) is 12.6. The third-order valence-corrected chi connectivity index (χ3v) is 2.62. The standard InChI is InChI=1S/C15H20FNO4/c1-9(17-14(20)21-15(2,3)4)11-7-10(8-13(18)19)5-6-12(11)16/h5-7,9H,8H2,1-4H3,(H,17,20)(H,18,19). The number of carboxylic acid groups (broad SMARTS) is 1. The van der Waals surface area contributed by atoms with E-state index in [9.17, 15) is 14.0 Å². The lowest BCUT2D eigenvalue weighted by Crippen LogP contribution is -2.34. The van der Waals surface area contributed by atoms with Crippen LogP contribution >= 0.6 is 0 Å². The Morgan fingerprint density at radius 2 is 2.00 bits per heavy atom. The number of nitrogens with one attached hydrogen (secondary N) is 1. The van der Waals surface area contributed by atoms with Crippen molar-refractivity contribution in [2.24, 2.45) is 0 Å². The van der Waals surface area contributed by atoms with Crippen molar-refractivity contribution in [3.05, 3.63) is 35.1 Å². The first-order chi connectivity index (χ1) is 9.58. The molecule has 0 saturated heterocycles. The van der Waals surface area contributed by atoms with E-state index in [1.807, 2.05) is 0 Å². The molecule has 1 amide bonds. The number of hydrogen-bond acceptors (Lipinski definition) is 3. The quantitative estimate of drug-likeness (QED) is 0.895. The van der Waals surface area contributed by atoms with Gasteiger partial charge in [-0.3, -0.25) is 4.79 Å². The Hall–Kier alpha value is -2.11. The molecule has 0 aliphatic carbocycles. The van der Waals surface area contributed by atoms with Gasteiger partial charge >= 0.3 is 12.1 Å². The number of carboxylic acids is 1. The highest BCUT2D eigenvalue weighted by Gasteiger charge is 2.20. The molecule has 1 rings (SSSR count). The van der Waals surface area contributed by atoms with E-state index < -0.39 is 29.5 Å². The summed E-state index contributed by atoms with van der Waals surface area (Å²) in [5, 5.41) is 11.3. The fraction of sp³-hybridized carbons (Fsp3) is 0.467. The molecule has 0 aromatic heterocycles. The van der Waals surface area contributed by atoms with Crippen LogP contribution in [0.5, 0.6) is 0 Å². The number of rotatable bonds is 4. The van der Waals surface area contributed by atoms with E-state index in [1.54, 1.807) is 27.7 Å². The first-order valence-corrected chi connectivity index (χ1v) is 6.58. The Balaban J connectivity index is 2.84. The van der Waals surface area contributed by atoms with Gasteiger partial charge in [-0.05, 0) is 39.3 Å². The summed E-state index contributed by atoms with van der Waals surface area (Å²) in [7, 11) is 0. The van der Waals surface area contributed by atoms with Crippen molar-refractivity contribution in [2.45, 2.75) is 45.8 Å². The lowest BCUT2D eigenvalue weighted by atomic mass is 10.0. The largest absolute Gasteiger partial charge is 0.481 e. The van der Waals surface area contributed by atoms with Crippen molar-refractivity contribution in [3.63, 3.8) is 0 Å². The predicted octanol–water partition coefficient (Wildman–Crippen LogP) is 3.04. The van der Waals surface area contributed by atoms with Crippen molar-refractivity contribution in [2.75, 3.05) is 0 Å². The molecular weight excluding hydrogens is 277 g/mol.